The van der Waals surface area contributed by atoms with Crippen LogP contribution in [0.4, 0.5) is 11.4 Å². The van der Waals surface area contributed by atoms with Crippen molar-refractivity contribution in [1.29, 1.82) is 5.26 Å². The molecule has 3 aliphatic heterocycles. The molecule has 14 heteroatoms. The number of hydrogen-bond acceptors (Lipinski definition) is 10. The molecule has 2 saturated heterocycles. The number of nitrogens with one attached hydrogen (secondary N) is 3. The van der Waals surface area contributed by atoms with Gasteiger partial charge in [-0.1, -0.05) is 39.3 Å². The van der Waals surface area contributed by atoms with Crippen LogP contribution in [0.2, 0.25) is 5.02 Å². The molecule has 55 heavy (non-hydrogen) atoms. The van der Waals surface area contributed by atoms with E-state index in [2.05, 4.69) is 59.5 Å². The molecule has 3 N–H and O–H groups in total. The first-order valence-corrected chi connectivity index (χ1v) is 18.9. The zero-order valence-corrected chi connectivity index (χ0v) is 32.0. The molecule has 0 aromatic heterocycles. The van der Waals surface area contributed by atoms with Crippen molar-refractivity contribution in [1.82, 2.24) is 20.4 Å². The number of piperazine rings is 1. The first kappa shape index (κ1) is 37.8. The van der Waals surface area contributed by atoms with Gasteiger partial charge in [-0.25, -0.2) is 0 Å². The second kappa shape index (κ2) is 14.7. The Morgan fingerprint density at radius 1 is 0.927 bits per heavy atom. The summed E-state index contributed by atoms with van der Waals surface area (Å²) in [4.78, 5) is 69.1. The normalized spacial score (nSPS) is 23.0. The summed E-state index contributed by atoms with van der Waals surface area (Å²) in [5.74, 6) is -1.63. The van der Waals surface area contributed by atoms with Crippen LogP contribution in [0.1, 0.15) is 77.2 Å². The number of ether oxygens (including phenoxy) is 1. The Kier molecular flexibility index (Phi) is 10.1. The van der Waals surface area contributed by atoms with Crippen LogP contribution in [-0.2, 0) is 9.59 Å². The van der Waals surface area contributed by atoms with Gasteiger partial charge in [-0.2, -0.15) is 5.26 Å². The number of piperidine rings is 1. The van der Waals surface area contributed by atoms with Crippen LogP contribution in [0, 0.1) is 22.2 Å². The van der Waals surface area contributed by atoms with Gasteiger partial charge in [0.1, 0.15) is 24.0 Å². The molecule has 0 radical (unpaired) electrons. The van der Waals surface area contributed by atoms with Crippen molar-refractivity contribution in [3.63, 3.8) is 0 Å². The van der Waals surface area contributed by atoms with Crippen molar-refractivity contribution >= 4 is 52.5 Å². The second-order valence-electron chi connectivity index (χ2n) is 15.8. The monoisotopic (exact) mass is 765 g/mol. The van der Waals surface area contributed by atoms with Crippen LogP contribution in [0.25, 0.3) is 0 Å². The lowest BCUT2D eigenvalue weighted by molar-refractivity contribution is -0.164. The molecule has 3 aromatic rings. The van der Waals surface area contributed by atoms with Gasteiger partial charge in [-0.05, 0) is 61.0 Å². The van der Waals surface area contributed by atoms with Gasteiger partial charge in [-0.3, -0.25) is 39.1 Å². The fraction of sp³-hybridized carbons (Fsp3) is 0.415. The Morgan fingerprint density at radius 3 is 2.27 bits per heavy atom. The molecular weight excluding hydrogens is 722 g/mol. The van der Waals surface area contributed by atoms with E-state index in [4.69, 9.17) is 16.3 Å². The zero-order valence-electron chi connectivity index (χ0n) is 31.3. The largest absolute Gasteiger partial charge is 0.489 e. The van der Waals surface area contributed by atoms with Crippen LogP contribution < -0.4 is 25.6 Å². The van der Waals surface area contributed by atoms with Crippen LogP contribution in [0.3, 0.4) is 0 Å². The molecule has 3 heterocycles. The van der Waals surface area contributed by atoms with Gasteiger partial charge in [0.15, 0.2) is 0 Å². The average molecular weight is 766 g/mol. The molecule has 0 spiro atoms. The van der Waals surface area contributed by atoms with E-state index in [0.29, 0.717) is 34.1 Å². The minimum absolute atomic E-state index is 0.0765. The van der Waals surface area contributed by atoms with E-state index in [0.717, 1.165) is 43.3 Å². The Labute approximate surface area is 324 Å². The highest BCUT2D eigenvalue weighted by Crippen LogP contribution is 2.55. The molecule has 7 rings (SSSR count). The van der Waals surface area contributed by atoms with Crippen LogP contribution >= 0.6 is 11.6 Å². The molecule has 1 aliphatic carbocycles. The lowest BCUT2D eigenvalue weighted by Gasteiger charge is -2.63. The Bertz CT molecular complexity index is 2090. The van der Waals surface area contributed by atoms with Crippen LogP contribution in [0.5, 0.6) is 5.75 Å². The Hall–Kier alpha value is -5.45. The van der Waals surface area contributed by atoms with E-state index in [1.165, 1.54) is 0 Å². The Morgan fingerprint density at radius 2 is 1.62 bits per heavy atom. The quantitative estimate of drug-likeness (QED) is 0.251. The maximum absolute atomic E-state index is 13.4. The summed E-state index contributed by atoms with van der Waals surface area (Å²) in [7, 11) is 0. The molecule has 3 aromatic carbocycles. The maximum Gasteiger partial charge on any atom is 0.262 e. The first-order chi connectivity index (χ1) is 26.2. The van der Waals surface area contributed by atoms with E-state index < -0.39 is 29.7 Å². The standard InChI is InChI=1S/C41H44ClN7O6/c1-40(2)38(41(3,4)39(40)55-28-11-7-25(23-43)31(42)22-28)46-34(51)24-5-9-27(10-6-24)48-19-17-47(18-20-48)16-15-44-26-8-12-29-30(21-26)37(54)49(36(29)53)32-13-14-33(50)45-35(32)52/h5-12,21-22,32,38-39,44H,13-20H2,1-4H3,(H,46,51)(H,45,50,52). The van der Waals surface area contributed by atoms with Crippen LogP contribution in [-0.4, -0.2) is 96.8 Å². The van der Waals surface area contributed by atoms with Crippen molar-refractivity contribution < 1.29 is 28.7 Å². The van der Waals surface area contributed by atoms with Crippen molar-refractivity contribution in [2.45, 2.75) is 58.7 Å². The van der Waals surface area contributed by atoms with E-state index in [-0.39, 0.29) is 52.9 Å². The van der Waals surface area contributed by atoms with Gasteiger partial charge >= 0.3 is 0 Å². The van der Waals surface area contributed by atoms with E-state index >= 15 is 0 Å². The number of imide groups is 2. The molecule has 1 saturated carbocycles. The number of rotatable bonds is 10. The summed E-state index contributed by atoms with van der Waals surface area (Å²) < 4.78 is 6.36. The number of nitrogens with zero attached hydrogens (tertiary/aromatic N) is 4. The topological polar surface area (TPSA) is 164 Å². The summed E-state index contributed by atoms with van der Waals surface area (Å²) in [6, 6.07) is 18.7. The third kappa shape index (κ3) is 7.12. The molecule has 13 nitrogen and oxygen atoms in total. The number of fused-ring (bicyclic) bond motifs is 1. The SMILES string of the molecule is CC1(C)C(NC(=O)c2ccc(N3CCN(CCNc4ccc5c(c4)C(=O)N(C4CCC(=O)NC4=O)C5=O)CC3)cc2)C(C)(C)C1Oc1ccc(C#N)c(Cl)c1. The smallest absolute Gasteiger partial charge is 0.262 e. The fourth-order valence-corrected chi connectivity index (χ4v) is 9.02. The predicted octanol–water partition coefficient (Wildman–Crippen LogP) is 4.46. The number of hydrogen-bond donors (Lipinski definition) is 3. The molecule has 1 atom stereocenters. The van der Waals surface area contributed by atoms with E-state index in [9.17, 15) is 29.2 Å². The van der Waals surface area contributed by atoms with Gasteiger partial charge < -0.3 is 20.3 Å². The summed E-state index contributed by atoms with van der Waals surface area (Å²) in [5, 5.41) is 18.4. The highest BCUT2D eigenvalue weighted by molar-refractivity contribution is 6.31. The average Bonchev–Trinajstić information content (AvgIpc) is 3.41. The number of carbonyl (C=O) groups is 5. The number of nitriles is 1. The first-order valence-electron chi connectivity index (χ1n) is 18.5. The van der Waals surface area contributed by atoms with Crippen molar-refractivity contribution in [3.05, 3.63) is 87.9 Å². The molecule has 0 bridgehead atoms. The molecular formula is C41H44ClN7O6. The number of anilines is 2. The van der Waals surface area contributed by atoms with Gasteiger partial charge in [-0.15, -0.1) is 0 Å². The summed E-state index contributed by atoms with van der Waals surface area (Å²) >= 11 is 6.23. The third-order valence-corrected chi connectivity index (χ3v) is 11.8. The molecule has 5 amide bonds. The highest BCUT2D eigenvalue weighted by atomic mass is 35.5. The summed E-state index contributed by atoms with van der Waals surface area (Å²) in [5.41, 5.74) is 2.51. The molecule has 1 unspecified atom stereocenters. The van der Waals surface area contributed by atoms with Crippen LogP contribution in [0.15, 0.2) is 60.7 Å². The summed E-state index contributed by atoms with van der Waals surface area (Å²) in [6.45, 7) is 13.1. The number of carbonyl (C=O) groups excluding carboxylic acids is 5. The third-order valence-electron chi connectivity index (χ3n) is 11.5. The molecule has 3 fully saturated rings. The zero-order chi connectivity index (χ0) is 39.2. The van der Waals surface area contributed by atoms with Crippen molar-refractivity contribution in [2.24, 2.45) is 10.8 Å². The van der Waals surface area contributed by atoms with E-state index in [1.807, 2.05) is 24.3 Å². The molecule has 286 valence electrons. The lowest BCUT2D eigenvalue weighted by atomic mass is 9.49. The van der Waals surface area contributed by atoms with Gasteiger partial charge in [0.2, 0.25) is 11.8 Å². The van der Waals surface area contributed by atoms with E-state index in [1.54, 1.807) is 36.4 Å². The number of halogens is 1. The molecule has 4 aliphatic rings. The highest BCUT2D eigenvalue weighted by Gasteiger charge is 2.64. The van der Waals surface area contributed by atoms with Crippen molar-refractivity contribution in [2.75, 3.05) is 49.5 Å². The Balaban J connectivity index is 0.869. The number of amides is 5. The summed E-state index contributed by atoms with van der Waals surface area (Å²) in [6.07, 6.45) is 0.00251. The fourth-order valence-electron chi connectivity index (χ4n) is 8.80. The van der Waals surface area contributed by atoms with Crippen molar-refractivity contribution in [3.8, 4) is 11.8 Å². The minimum atomic E-state index is -0.992. The van der Waals surface area contributed by atoms with Gasteiger partial charge in [0.05, 0.1) is 21.7 Å². The maximum atomic E-state index is 13.4. The van der Waals surface area contributed by atoms with Gasteiger partial charge in [0, 0.05) is 85.6 Å². The predicted molar refractivity (Wildman–Crippen MR) is 206 cm³/mol. The minimum Gasteiger partial charge on any atom is -0.489 e. The van der Waals surface area contributed by atoms with Gasteiger partial charge in [0.25, 0.3) is 17.7 Å². The number of benzene rings is 3. The lowest BCUT2D eigenvalue weighted by Crippen LogP contribution is -2.74. The second-order valence-corrected chi connectivity index (χ2v) is 16.2.